The van der Waals surface area contributed by atoms with Crippen molar-refractivity contribution in [2.45, 2.75) is 12.5 Å². The molecule has 2 heterocycles. The molecule has 1 fully saturated rings. The van der Waals surface area contributed by atoms with E-state index in [-0.39, 0.29) is 17.7 Å². The molecule has 0 saturated carbocycles. The Labute approximate surface area is 110 Å². The average molecular weight is 261 g/mol. The molecule has 0 radical (unpaired) electrons. The van der Waals surface area contributed by atoms with Crippen molar-refractivity contribution in [3.8, 4) is 0 Å². The van der Waals surface area contributed by atoms with Gasteiger partial charge in [0.15, 0.2) is 0 Å². The van der Waals surface area contributed by atoms with Gasteiger partial charge in [0, 0.05) is 12.5 Å². The lowest BCUT2D eigenvalue weighted by Gasteiger charge is -2.28. The lowest BCUT2D eigenvalue weighted by molar-refractivity contribution is -0.0403. The Balaban J connectivity index is 1.77. The minimum absolute atomic E-state index is 0.00552. The monoisotopic (exact) mass is 261 g/mol. The highest BCUT2D eigenvalue weighted by Gasteiger charge is 2.37. The third-order valence-corrected chi connectivity index (χ3v) is 3.59. The van der Waals surface area contributed by atoms with Crippen LogP contribution < -0.4 is 0 Å². The summed E-state index contributed by atoms with van der Waals surface area (Å²) in [6.45, 7) is 1.12. The Morgan fingerprint density at radius 2 is 1.79 bits per heavy atom. The smallest absolute Gasteiger partial charge is 0.261 e. The molecule has 1 aromatic rings. The van der Waals surface area contributed by atoms with Gasteiger partial charge < -0.3 is 9.84 Å². The van der Waals surface area contributed by atoms with Crippen LogP contribution in [0.2, 0.25) is 0 Å². The quantitative estimate of drug-likeness (QED) is 0.795. The zero-order valence-electron chi connectivity index (χ0n) is 10.4. The molecule has 0 spiro atoms. The maximum atomic E-state index is 12.2. The van der Waals surface area contributed by atoms with Crippen LogP contribution in [0.1, 0.15) is 27.1 Å². The van der Waals surface area contributed by atoms with E-state index in [0.717, 1.165) is 0 Å². The molecule has 100 valence electrons. The highest BCUT2D eigenvalue weighted by Crippen LogP contribution is 2.25. The second-order valence-corrected chi connectivity index (χ2v) is 5.06. The lowest BCUT2D eigenvalue weighted by Crippen LogP contribution is -2.40. The summed E-state index contributed by atoms with van der Waals surface area (Å²) in [6, 6.07) is 6.84. The molecule has 2 aliphatic heterocycles. The van der Waals surface area contributed by atoms with Gasteiger partial charge in [-0.2, -0.15) is 0 Å². The molecule has 3 rings (SSSR count). The number of fused-ring (bicyclic) bond motifs is 1. The van der Waals surface area contributed by atoms with E-state index in [2.05, 4.69) is 0 Å². The fourth-order valence-electron chi connectivity index (χ4n) is 2.68. The van der Waals surface area contributed by atoms with Crippen LogP contribution in [-0.2, 0) is 4.74 Å². The highest BCUT2D eigenvalue weighted by molar-refractivity contribution is 6.21. The van der Waals surface area contributed by atoms with Crippen LogP contribution in [0.25, 0.3) is 0 Å². The summed E-state index contributed by atoms with van der Waals surface area (Å²) >= 11 is 0. The molecule has 1 N–H and O–H groups in total. The SMILES string of the molecule is O=C1c2ccccc2C(=O)N1CC1COCC(O)C1. The summed E-state index contributed by atoms with van der Waals surface area (Å²) in [5.74, 6) is -0.493. The maximum Gasteiger partial charge on any atom is 0.261 e. The molecule has 2 unspecified atom stereocenters. The van der Waals surface area contributed by atoms with Gasteiger partial charge in [0.25, 0.3) is 11.8 Å². The van der Waals surface area contributed by atoms with Gasteiger partial charge in [0.05, 0.1) is 30.4 Å². The number of amides is 2. The summed E-state index contributed by atoms with van der Waals surface area (Å²) in [7, 11) is 0. The van der Waals surface area contributed by atoms with Crippen LogP contribution in [0.15, 0.2) is 24.3 Å². The van der Waals surface area contributed by atoms with Crippen molar-refractivity contribution >= 4 is 11.8 Å². The Morgan fingerprint density at radius 1 is 1.16 bits per heavy atom. The zero-order chi connectivity index (χ0) is 13.4. The van der Waals surface area contributed by atoms with Gasteiger partial charge in [-0.1, -0.05) is 12.1 Å². The molecule has 5 heteroatoms. The molecule has 1 aromatic carbocycles. The summed E-state index contributed by atoms with van der Waals surface area (Å²) < 4.78 is 5.25. The van der Waals surface area contributed by atoms with Gasteiger partial charge in [0.1, 0.15) is 0 Å². The highest BCUT2D eigenvalue weighted by atomic mass is 16.5. The minimum atomic E-state index is -0.506. The number of aliphatic hydroxyl groups excluding tert-OH is 1. The first kappa shape index (κ1) is 12.3. The summed E-state index contributed by atoms with van der Waals surface area (Å²) in [5.41, 5.74) is 0.926. The zero-order valence-corrected chi connectivity index (χ0v) is 10.4. The molecule has 1 saturated heterocycles. The predicted octanol–water partition coefficient (Wildman–Crippen LogP) is 0.680. The standard InChI is InChI=1S/C14H15NO4/c16-10-5-9(7-19-8-10)6-15-13(17)11-3-1-2-4-12(11)14(15)18/h1-4,9-10,16H,5-8H2. The second-order valence-electron chi connectivity index (χ2n) is 5.06. The van der Waals surface area contributed by atoms with Crippen LogP contribution in [0.5, 0.6) is 0 Å². The van der Waals surface area contributed by atoms with Crippen LogP contribution in [0.4, 0.5) is 0 Å². The van der Waals surface area contributed by atoms with E-state index in [0.29, 0.717) is 37.3 Å². The lowest BCUT2D eigenvalue weighted by atomic mass is 10.00. The topological polar surface area (TPSA) is 66.8 Å². The number of carbonyl (C=O) groups is 2. The molecular weight excluding hydrogens is 246 g/mol. The maximum absolute atomic E-state index is 12.2. The Hall–Kier alpha value is -1.72. The fourth-order valence-corrected chi connectivity index (χ4v) is 2.68. The molecule has 0 aromatic heterocycles. The van der Waals surface area contributed by atoms with E-state index in [9.17, 15) is 14.7 Å². The van der Waals surface area contributed by atoms with Crippen molar-refractivity contribution in [2.75, 3.05) is 19.8 Å². The third-order valence-electron chi connectivity index (χ3n) is 3.59. The van der Waals surface area contributed by atoms with E-state index in [1.165, 1.54) is 4.90 Å². The van der Waals surface area contributed by atoms with Crippen molar-refractivity contribution < 1.29 is 19.4 Å². The van der Waals surface area contributed by atoms with Gasteiger partial charge in [-0.3, -0.25) is 14.5 Å². The van der Waals surface area contributed by atoms with E-state index >= 15 is 0 Å². The minimum Gasteiger partial charge on any atom is -0.391 e. The largest absolute Gasteiger partial charge is 0.391 e. The number of nitrogens with zero attached hydrogens (tertiary/aromatic N) is 1. The van der Waals surface area contributed by atoms with Crippen LogP contribution in [0, 0.1) is 5.92 Å². The van der Waals surface area contributed by atoms with Gasteiger partial charge in [0.2, 0.25) is 0 Å². The molecule has 19 heavy (non-hydrogen) atoms. The summed E-state index contributed by atoms with van der Waals surface area (Å²) in [6.07, 6.45) is 0.0573. The van der Waals surface area contributed by atoms with E-state index in [4.69, 9.17) is 4.74 Å². The van der Waals surface area contributed by atoms with Gasteiger partial charge in [-0.25, -0.2) is 0 Å². The van der Waals surface area contributed by atoms with Crippen molar-refractivity contribution in [1.82, 2.24) is 4.90 Å². The summed E-state index contributed by atoms with van der Waals surface area (Å²) in [4.78, 5) is 25.6. The third kappa shape index (κ3) is 2.15. The molecule has 2 amide bonds. The molecule has 0 bridgehead atoms. The van der Waals surface area contributed by atoms with Crippen LogP contribution in [0.3, 0.4) is 0 Å². The van der Waals surface area contributed by atoms with Gasteiger partial charge >= 0.3 is 0 Å². The van der Waals surface area contributed by atoms with E-state index < -0.39 is 6.10 Å². The first-order valence-corrected chi connectivity index (χ1v) is 6.38. The van der Waals surface area contributed by atoms with Crippen molar-refractivity contribution in [3.63, 3.8) is 0 Å². The molecule has 5 nitrogen and oxygen atoms in total. The van der Waals surface area contributed by atoms with Crippen molar-refractivity contribution in [2.24, 2.45) is 5.92 Å². The number of aliphatic hydroxyl groups is 1. The number of imide groups is 1. The molecule has 2 atom stereocenters. The number of benzene rings is 1. The van der Waals surface area contributed by atoms with E-state index in [1.54, 1.807) is 24.3 Å². The predicted molar refractivity (Wildman–Crippen MR) is 66.7 cm³/mol. The Morgan fingerprint density at radius 3 is 2.37 bits per heavy atom. The van der Waals surface area contributed by atoms with Gasteiger partial charge in [-0.15, -0.1) is 0 Å². The van der Waals surface area contributed by atoms with Crippen molar-refractivity contribution in [1.29, 1.82) is 0 Å². The fraction of sp³-hybridized carbons (Fsp3) is 0.429. The Kier molecular flexibility index (Phi) is 3.08. The molecule has 0 aliphatic carbocycles. The summed E-state index contributed by atoms with van der Waals surface area (Å²) in [5, 5.41) is 9.55. The first-order valence-electron chi connectivity index (χ1n) is 6.38. The second kappa shape index (κ2) is 4.75. The van der Waals surface area contributed by atoms with Crippen LogP contribution in [-0.4, -0.2) is 47.7 Å². The average Bonchev–Trinajstić information content (AvgIpc) is 2.65. The number of rotatable bonds is 2. The normalized spacial score (nSPS) is 26.7. The number of hydrogen-bond acceptors (Lipinski definition) is 4. The number of ether oxygens (including phenoxy) is 1. The molecular formula is C14H15NO4. The first-order chi connectivity index (χ1) is 9.16. The van der Waals surface area contributed by atoms with Crippen LogP contribution >= 0.6 is 0 Å². The Bertz CT molecular complexity index is 493. The van der Waals surface area contributed by atoms with E-state index in [1.807, 2.05) is 0 Å². The number of carbonyl (C=O) groups excluding carboxylic acids is 2. The molecule has 2 aliphatic rings. The number of hydrogen-bond donors (Lipinski definition) is 1. The van der Waals surface area contributed by atoms with Gasteiger partial charge in [-0.05, 0) is 18.6 Å². The van der Waals surface area contributed by atoms with Crippen molar-refractivity contribution in [3.05, 3.63) is 35.4 Å².